The number of rotatable bonds is 0. The van der Waals surface area contributed by atoms with Crippen LogP contribution in [0.1, 0.15) is 19.3 Å². The molecule has 1 spiro atoms. The molecule has 2 aliphatic carbocycles. The smallest absolute Gasteiger partial charge is 0.0739 e. The molecule has 0 N–H and O–H groups in total. The number of nitrogens with zero attached hydrogens (tertiary/aromatic N) is 2. The second-order valence-corrected chi connectivity index (χ2v) is 3.99. The van der Waals surface area contributed by atoms with Gasteiger partial charge in [-0.25, -0.2) is 0 Å². The molecule has 1 unspecified atom stereocenters. The van der Waals surface area contributed by atoms with Gasteiger partial charge in [-0.05, 0) is 30.9 Å². The standard InChI is InChI=1S/C12H12N2/c1-2-7-12-8-9-13-14-11(12)6-3-5-10(12)4-1/h1,3-6,9H,2,7-8H2. The van der Waals surface area contributed by atoms with Gasteiger partial charge in [0.05, 0.1) is 5.71 Å². The molecule has 0 aromatic heterocycles. The highest BCUT2D eigenvalue weighted by molar-refractivity contribution is 6.06. The summed E-state index contributed by atoms with van der Waals surface area (Å²) in [5.74, 6) is 0. The Kier molecular flexibility index (Phi) is 1.57. The van der Waals surface area contributed by atoms with Crippen LogP contribution in [0.2, 0.25) is 0 Å². The summed E-state index contributed by atoms with van der Waals surface area (Å²) in [6, 6.07) is 0. The van der Waals surface area contributed by atoms with Crippen LogP contribution < -0.4 is 0 Å². The van der Waals surface area contributed by atoms with Crippen molar-refractivity contribution >= 4 is 11.9 Å². The van der Waals surface area contributed by atoms with Crippen LogP contribution in [0, 0.1) is 5.41 Å². The second-order valence-electron chi connectivity index (χ2n) is 3.99. The third-order valence-electron chi connectivity index (χ3n) is 3.29. The first-order chi connectivity index (χ1) is 6.92. The van der Waals surface area contributed by atoms with Crippen molar-refractivity contribution < 1.29 is 0 Å². The van der Waals surface area contributed by atoms with Gasteiger partial charge in [-0.2, -0.15) is 10.2 Å². The van der Waals surface area contributed by atoms with E-state index >= 15 is 0 Å². The lowest BCUT2D eigenvalue weighted by atomic mass is 9.66. The minimum atomic E-state index is 0.158. The maximum Gasteiger partial charge on any atom is 0.0739 e. The lowest BCUT2D eigenvalue weighted by molar-refractivity contribution is 0.474. The maximum absolute atomic E-state index is 4.25. The quantitative estimate of drug-likeness (QED) is 0.553. The first kappa shape index (κ1) is 7.92. The molecule has 3 rings (SSSR count). The van der Waals surface area contributed by atoms with Crippen molar-refractivity contribution in [1.29, 1.82) is 0 Å². The molecular weight excluding hydrogens is 172 g/mol. The van der Waals surface area contributed by atoms with Crippen LogP contribution in [-0.4, -0.2) is 11.9 Å². The Bertz CT molecular complexity index is 410. The van der Waals surface area contributed by atoms with Crippen molar-refractivity contribution in [3.63, 3.8) is 0 Å². The first-order valence-electron chi connectivity index (χ1n) is 5.07. The van der Waals surface area contributed by atoms with Gasteiger partial charge in [-0.1, -0.05) is 24.3 Å². The molecule has 1 atom stereocenters. The number of hydrogen-bond acceptors (Lipinski definition) is 2. The molecule has 0 saturated heterocycles. The minimum absolute atomic E-state index is 0.158. The van der Waals surface area contributed by atoms with Crippen molar-refractivity contribution in [3.8, 4) is 0 Å². The molecule has 0 aromatic rings. The van der Waals surface area contributed by atoms with Gasteiger partial charge >= 0.3 is 0 Å². The van der Waals surface area contributed by atoms with E-state index in [1.165, 1.54) is 12.0 Å². The fraction of sp³-hybridized carbons (Fsp3) is 0.333. The molecule has 0 saturated carbocycles. The highest BCUT2D eigenvalue weighted by Gasteiger charge is 2.40. The molecule has 0 aromatic carbocycles. The predicted octanol–water partition coefficient (Wildman–Crippen LogP) is 2.65. The van der Waals surface area contributed by atoms with Crippen LogP contribution in [-0.2, 0) is 0 Å². The Balaban J connectivity index is 2.17. The van der Waals surface area contributed by atoms with E-state index in [1.54, 1.807) is 0 Å². The molecule has 3 aliphatic rings. The van der Waals surface area contributed by atoms with E-state index in [2.05, 4.69) is 40.6 Å². The van der Waals surface area contributed by atoms with Gasteiger partial charge in [-0.3, -0.25) is 0 Å². The normalized spacial score (nSPS) is 33.1. The molecule has 0 bridgehead atoms. The van der Waals surface area contributed by atoms with E-state index in [4.69, 9.17) is 0 Å². The Hall–Kier alpha value is -1.44. The molecule has 2 heteroatoms. The van der Waals surface area contributed by atoms with Crippen molar-refractivity contribution in [2.75, 3.05) is 0 Å². The van der Waals surface area contributed by atoms with Crippen LogP contribution in [0.5, 0.6) is 0 Å². The molecule has 1 heterocycles. The fourth-order valence-corrected chi connectivity index (χ4v) is 2.49. The van der Waals surface area contributed by atoms with Gasteiger partial charge in [0.1, 0.15) is 0 Å². The highest BCUT2D eigenvalue weighted by Crippen LogP contribution is 2.44. The van der Waals surface area contributed by atoms with E-state index in [9.17, 15) is 0 Å². The fourth-order valence-electron chi connectivity index (χ4n) is 2.49. The van der Waals surface area contributed by atoms with E-state index in [0.717, 1.165) is 18.6 Å². The molecule has 0 fully saturated rings. The van der Waals surface area contributed by atoms with Gasteiger partial charge < -0.3 is 0 Å². The van der Waals surface area contributed by atoms with E-state index in [-0.39, 0.29) is 5.41 Å². The zero-order valence-electron chi connectivity index (χ0n) is 7.98. The van der Waals surface area contributed by atoms with Crippen LogP contribution in [0.25, 0.3) is 0 Å². The van der Waals surface area contributed by atoms with Crippen LogP contribution in [0.3, 0.4) is 0 Å². The molecule has 70 valence electrons. The summed E-state index contributed by atoms with van der Waals surface area (Å²) in [4.78, 5) is 0. The summed E-state index contributed by atoms with van der Waals surface area (Å²) in [6.07, 6.45) is 16.1. The average Bonchev–Trinajstić information content (AvgIpc) is 2.26. The van der Waals surface area contributed by atoms with E-state index < -0.39 is 0 Å². The summed E-state index contributed by atoms with van der Waals surface area (Å²) in [6.45, 7) is 0. The lowest BCUT2D eigenvalue weighted by Gasteiger charge is -2.38. The van der Waals surface area contributed by atoms with Crippen molar-refractivity contribution in [3.05, 3.63) is 36.0 Å². The van der Waals surface area contributed by atoms with Crippen LogP contribution in [0.4, 0.5) is 0 Å². The Labute approximate surface area is 83.4 Å². The average molecular weight is 184 g/mol. The summed E-state index contributed by atoms with van der Waals surface area (Å²) < 4.78 is 0. The molecule has 2 nitrogen and oxygen atoms in total. The van der Waals surface area contributed by atoms with Gasteiger partial charge in [0.2, 0.25) is 0 Å². The SMILES string of the molecule is C1=CC2=NN=CCC23CCC=CC3=C1. The van der Waals surface area contributed by atoms with Crippen LogP contribution in [0.15, 0.2) is 46.2 Å². The minimum Gasteiger partial charge on any atom is -0.163 e. The highest BCUT2D eigenvalue weighted by atomic mass is 15.2. The molecule has 14 heavy (non-hydrogen) atoms. The largest absolute Gasteiger partial charge is 0.163 e. The lowest BCUT2D eigenvalue weighted by Crippen LogP contribution is -2.36. The Morgan fingerprint density at radius 1 is 1.29 bits per heavy atom. The van der Waals surface area contributed by atoms with Crippen molar-refractivity contribution in [1.82, 2.24) is 0 Å². The summed E-state index contributed by atoms with van der Waals surface area (Å²) >= 11 is 0. The molecular formula is C12H12N2. The van der Waals surface area contributed by atoms with Crippen molar-refractivity contribution in [2.24, 2.45) is 15.6 Å². The van der Waals surface area contributed by atoms with Gasteiger partial charge in [0, 0.05) is 11.6 Å². The monoisotopic (exact) mass is 184 g/mol. The second kappa shape index (κ2) is 2.77. The topological polar surface area (TPSA) is 24.7 Å². The number of allylic oxidation sites excluding steroid dienone is 6. The molecule has 0 amide bonds. The zero-order valence-corrected chi connectivity index (χ0v) is 7.98. The van der Waals surface area contributed by atoms with E-state index in [0.29, 0.717) is 0 Å². The van der Waals surface area contributed by atoms with Gasteiger partial charge in [0.15, 0.2) is 0 Å². The first-order valence-corrected chi connectivity index (χ1v) is 5.07. The summed E-state index contributed by atoms with van der Waals surface area (Å²) in [7, 11) is 0. The third kappa shape index (κ3) is 0.910. The van der Waals surface area contributed by atoms with Crippen LogP contribution >= 0.6 is 0 Å². The van der Waals surface area contributed by atoms with E-state index in [1.807, 2.05) is 6.21 Å². The number of hydrogen-bond donors (Lipinski definition) is 0. The molecule has 1 aliphatic heterocycles. The van der Waals surface area contributed by atoms with Crippen molar-refractivity contribution in [2.45, 2.75) is 19.3 Å². The third-order valence-corrected chi connectivity index (χ3v) is 3.29. The Morgan fingerprint density at radius 3 is 3.29 bits per heavy atom. The Morgan fingerprint density at radius 2 is 2.29 bits per heavy atom. The van der Waals surface area contributed by atoms with Gasteiger partial charge in [0.25, 0.3) is 0 Å². The predicted molar refractivity (Wildman–Crippen MR) is 58.6 cm³/mol. The van der Waals surface area contributed by atoms with Gasteiger partial charge in [-0.15, -0.1) is 0 Å². The maximum atomic E-state index is 4.25. The molecule has 0 radical (unpaired) electrons. The summed E-state index contributed by atoms with van der Waals surface area (Å²) in [5.41, 5.74) is 2.70. The summed E-state index contributed by atoms with van der Waals surface area (Å²) in [5, 5.41) is 8.26. The zero-order chi connectivity index (χ0) is 9.43.